The Morgan fingerprint density at radius 1 is 1.04 bits per heavy atom. The second-order valence-corrected chi connectivity index (χ2v) is 7.16. The van der Waals surface area contributed by atoms with Gasteiger partial charge in [0.15, 0.2) is 0 Å². The lowest BCUT2D eigenvalue weighted by atomic mass is 10.0. The number of carbonyl (C=O) groups is 3. The smallest absolute Gasteiger partial charge is 0.262 e. The van der Waals surface area contributed by atoms with Gasteiger partial charge in [-0.3, -0.25) is 19.3 Å². The van der Waals surface area contributed by atoms with Gasteiger partial charge >= 0.3 is 0 Å². The van der Waals surface area contributed by atoms with Crippen LogP contribution >= 0.6 is 0 Å². The molecule has 6 heteroatoms. The Labute approximate surface area is 163 Å². The highest BCUT2D eigenvalue weighted by Crippen LogP contribution is 2.27. The van der Waals surface area contributed by atoms with Gasteiger partial charge in [-0.05, 0) is 24.1 Å². The molecule has 0 bridgehead atoms. The highest BCUT2D eigenvalue weighted by molar-refractivity contribution is 6.22. The van der Waals surface area contributed by atoms with Crippen molar-refractivity contribution in [3.63, 3.8) is 0 Å². The van der Waals surface area contributed by atoms with E-state index in [1.54, 1.807) is 36.3 Å². The molecule has 6 nitrogen and oxygen atoms in total. The van der Waals surface area contributed by atoms with Crippen LogP contribution in [-0.2, 0) is 16.0 Å². The molecule has 1 fully saturated rings. The van der Waals surface area contributed by atoms with Gasteiger partial charge in [0.25, 0.3) is 11.8 Å². The fraction of sp³-hybridized carbons (Fsp3) is 0.318. The van der Waals surface area contributed by atoms with Gasteiger partial charge < -0.3 is 9.64 Å². The molecule has 2 aromatic carbocycles. The first kappa shape index (κ1) is 18.4. The van der Waals surface area contributed by atoms with Gasteiger partial charge in [-0.1, -0.05) is 42.5 Å². The number of ether oxygens (including phenoxy) is 1. The van der Waals surface area contributed by atoms with Crippen molar-refractivity contribution in [3.05, 3.63) is 71.3 Å². The van der Waals surface area contributed by atoms with Crippen LogP contribution in [0.2, 0.25) is 0 Å². The summed E-state index contributed by atoms with van der Waals surface area (Å²) in [5, 5.41) is 0. The van der Waals surface area contributed by atoms with Crippen molar-refractivity contribution in [2.45, 2.75) is 25.0 Å². The number of methoxy groups -OCH3 is 1. The molecule has 0 radical (unpaired) electrons. The minimum Gasteiger partial charge on any atom is -0.380 e. The highest BCUT2D eigenvalue weighted by atomic mass is 16.5. The Hall–Kier alpha value is -2.99. The van der Waals surface area contributed by atoms with E-state index in [4.69, 9.17) is 4.74 Å². The Morgan fingerprint density at radius 2 is 1.64 bits per heavy atom. The maximum atomic E-state index is 13.4. The molecule has 28 heavy (non-hydrogen) atoms. The zero-order valence-corrected chi connectivity index (χ0v) is 15.7. The summed E-state index contributed by atoms with van der Waals surface area (Å²) < 4.78 is 5.37. The maximum Gasteiger partial charge on any atom is 0.262 e. The molecule has 2 aliphatic heterocycles. The van der Waals surface area contributed by atoms with Crippen LogP contribution in [0, 0.1) is 0 Å². The van der Waals surface area contributed by atoms with Crippen molar-refractivity contribution in [3.8, 4) is 0 Å². The third kappa shape index (κ3) is 3.20. The van der Waals surface area contributed by atoms with Crippen LogP contribution in [-0.4, -0.2) is 59.9 Å². The van der Waals surface area contributed by atoms with Gasteiger partial charge in [-0.25, -0.2) is 0 Å². The third-order valence-corrected chi connectivity index (χ3v) is 5.48. The second kappa shape index (κ2) is 7.56. The van der Waals surface area contributed by atoms with Crippen LogP contribution in [0.25, 0.3) is 0 Å². The molecule has 2 atom stereocenters. The van der Waals surface area contributed by atoms with E-state index in [1.165, 1.54) is 0 Å². The molecule has 3 amide bonds. The van der Waals surface area contributed by atoms with Crippen LogP contribution < -0.4 is 0 Å². The molecule has 2 unspecified atom stereocenters. The van der Waals surface area contributed by atoms with Gasteiger partial charge in [0.2, 0.25) is 5.91 Å². The molecule has 4 rings (SSSR count). The zero-order chi connectivity index (χ0) is 19.7. The summed E-state index contributed by atoms with van der Waals surface area (Å²) in [4.78, 5) is 42.2. The average molecular weight is 378 g/mol. The van der Waals surface area contributed by atoms with Crippen molar-refractivity contribution in [1.29, 1.82) is 0 Å². The van der Waals surface area contributed by atoms with Crippen LogP contribution in [0.15, 0.2) is 54.6 Å². The first-order chi connectivity index (χ1) is 13.6. The Morgan fingerprint density at radius 3 is 2.21 bits per heavy atom. The van der Waals surface area contributed by atoms with Gasteiger partial charge in [0.05, 0.1) is 17.2 Å². The van der Waals surface area contributed by atoms with E-state index in [-0.39, 0.29) is 12.0 Å². The first-order valence-corrected chi connectivity index (χ1v) is 9.42. The van der Waals surface area contributed by atoms with Gasteiger partial charge in [-0.2, -0.15) is 0 Å². The molecule has 2 aromatic rings. The highest BCUT2D eigenvalue weighted by Gasteiger charge is 2.44. The molecule has 0 N–H and O–H groups in total. The predicted octanol–water partition coefficient (Wildman–Crippen LogP) is 2.14. The fourth-order valence-electron chi connectivity index (χ4n) is 3.95. The van der Waals surface area contributed by atoms with Gasteiger partial charge in [0, 0.05) is 26.6 Å². The van der Waals surface area contributed by atoms with E-state index in [0.717, 1.165) is 16.9 Å². The SMILES string of the molecule is COC1CCN(C(=O)C(Cc2ccccc2)N2C(=O)c3ccccc3C2=O)C1. The molecule has 2 heterocycles. The Bertz CT molecular complexity index is 877. The number of fused-ring (bicyclic) bond motifs is 1. The Balaban J connectivity index is 1.67. The maximum absolute atomic E-state index is 13.4. The summed E-state index contributed by atoms with van der Waals surface area (Å²) in [6.45, 7) is 1.04. The minimum absolute atomic E-state index is 0.0106. The quantitative estimate of drug-likeness (QED) is 0.748. The van der Waals surface area contributed by atoms with Crippen LogP contribution in [0.3, 0.4) is 0 Å². The molecule has 0 aromatic heterocycles. The summed E-state index contributed by atoms with van der Waals surface area (Å²) in [6.07, 6.45) is 1.03. The molecule has 0 spiro atoms. The molecular formula is C22H22N2O4. The second-order valence-electron chi connectivity index (χ2n) is 7.16. The van der Waals surface area contributed by atoms with E-state index in [1.807, 2.05) is 30.3 Å². The predicted molar refractivity (Wildman–Crippen MR) is 103 cm³/mol. The number of nitrogens with zero attached hydrogens (tertiary/aromatic N) is 2. The number of carbonyl (C=O) groups excluding carboxylic acids is 3. The Kier molecular flexibility index (Phi) is 4.96. The molecule has 0 saturated carbocycles. The molecular weight excluding hydrogens is 356 g/mol. The lowest BCUT2D eigenvalue weighted by molar-refractivity contribution is -0.134. The fourth-order valence-corrected chi connectivity index (χ4v) is 3.95. The van der Waals surface area contributed by atoms with Crippen molar-refractivity contribution in [1.82, 2.24) is 9.80 Å². The molecule has 2 aliphatic rings. The lowest BCUT2D eigenvalue weighted by Gasteiger charge is -2.29. The summed E-state index contributed by atoms with van der Waals surface area (Å²) in [5.41, 5.74) is 1.61. The number of benzene rings is 2. The minimum atomic E-state index is -0.870. The largest absolute Gasteiger partial charge is 0.380 e. The summed E-state index contributed by atoms with van der Waals surface area (Å²) in [6, 6.07) is 15.3. The first-order valence-electron chi connectivity index (χ1n) is 9.42. The van der Waals surface area contributed by atoms with Crippen molar-refractivity contribution < 1.29 is 19.1 Å². The number of rotatable bonds is 5. The number of imide groups is 1. The third-order valence-electron chi connectivity index (χ3n) is 5.48. The van der Waals surface area contributed by atoms with E-state index in [2.05, 4.69) is 0 Å². The van der Waals surface area contributed by atoms with Crippen LogP contribution in [0.5, 0.6) is 0 Å². The lowest BCUT2D eigenvalue weighted by Crippen LogP contribution is -2.51. The van der Waals surface area contributed by atoms with Gasteiger partial charge in [-0.15, -0.1) is 0 Å². The number of hydrogen-bond acceptors (Lipinski definition) is 4. The summed E-state index contributed by atoms with van der Waals surface area (Å²) in [7, 11) is 1.63. The zero-order valence-electron chi connectivity index (χ0n) is 15.7. The van der Waals surface area contributed by atoms with Crippen LogP contribution in [0.4, 0.5) is 0 Å². The number of likely N-dealkylation sites (tertiary alicyclic amines) is 1. The number of hydrogen-bond donors (Lipinski definition) is 0. The summed E-state index contributed by atoms with van der Waals surface area (Å²) in [5.74, 6) is -1.02. The monoisotopic (exact) mass is 378 g/mol. The van der Waals surface area contributed by atoms with Crippen molar-refractivity contribution >= 4 is 17.7 Å². The van der Waals surface area contributed by atoms with Gasteiger partial charge in [0.1, 0.15) is 6.04 Å². The van der Waals surface area contributed by atoms with Crippen molar-refractivity contribution in [2.75, 3.05) is 20.2 Å². The van der Waals surface area contributed by atoms with E-state index >= 15 is 0 Å². The van der Waals surface area contributed by atoms with E-state index in [9.17, 15) is 14.4 Å². The number of amides is 3. The topological polar surface area (TPSA) is 66.9 Å². The van der Waals surface area contributed by atoms with Crippen molar-refractivity contribution in [2.24, 2.45) is 0 Å². The standard InChI is InChI=1S/C22H22N2O4/c1-28-16-11-12-23(14-16)22(27)19(13-15-7-3-2-4-8-15)24-20(25)17-9-5-6-10-18(17)21(24)26/h2-10,16,19H,11-14H2,1H3. The van der Waals surface area contributed by atoms with E-state index in [0.29, 0.717) is 30.6 Å². The normalized spacial score (nSPS) is 19.8. The average Bonchev–Trinajstić information content (AvgIpc) is 3.31. The van der Waals surface area contributed by atoms with E-state index < -0.39 is 17.9 Å². The molecule has 0 aliphatic carbocycles. The summed E-state index contributed by atoms with van der Waals surface area (Å²) >= 11 is 0. The molecule has 1 saturated heterocycles. The molecule has 144 valence electrons. The van der Waals surface area contributed by atoms with Crippen LogP contribution in [0.1, 0.15) is 32.7 Å².